The summed E-state index contributed by atoms with van der Waals surface area (Å²) in [7, 11) is 3.46. The van der Waals surface area contributed by atoms with Crippen molar-refractivity contribution in [1.82, 2.24) is 4.90 Å². The fourth-order valence-electron chi connectivity index (χ4n) is 6.58. The van der Waals surface area contributed by atoms with E-state index in [4.69, 9.17) is 18.9 Å². The number of hydrogen-bond acceptors (Lipinski definition) is 11. The average molecular weight is 598 g/mol. The molecule has 0 bridgehead atoms. The number of carbonyl (C=O) groups is 3. The number of hydrogen-bond donors (Lipinski definition) is 3. The zero-order valence-electron chi connectivity index (χ0n) is 26.2. The molecule has 0 aliphatic carbocycles. The molecule has 11 heteroatoms. The number of allylic oxidation sites excluding steroid dienone is 1. The first-order valence-corrected chi connectivity index (χ1v) is 15.2. The van der Waals surface area contributed by atoms with E-state index in [1.807, 2.05) is 20.8 Å². The molecule has 3 heterocycles. The van der Waals surface area contributed by atoms with Gasteiger partial charge in [-0.25, -0.2) is 0 Å². The molecule has 0 aromatic rings. The molecular weight excluding hydrogens is 546 g/mol. The third kappa shape index (κ3) is 7.85. The fourth-order valence-corrected chi connectivity index (χ4v) is 6.58. The van der Waals surface area contributed by atoms with Crippen LogP contribution in [0.3, 0.4) is 0 Å². The first kappa shape index (κ1) is 34.8. The number of nitrogens with zero attached hydrogens (tertiary/aromatic N) is 1. The Labute approximate surface area is 249 Å². The highest BCUT2D eigenvalue weighted by Gasteiger charge is 2.55. The van der Waals surface area contributed by atoms with Crippen LogP contribution in [-0.4, -0.2) is 113 Å². The number of rotatable bonds is 6. The second kappa shape index (κ2) is 14.4. The van der Waals surface area contributed by atoms with E-state index >= 15 is 0 Å². The molecule has 240 valence electrons. The fraction of sp³-hybridized carbons (Fsp3) is 0.839. The van der Waals surface area contributed by atoms with Crippen LogP contribution in [-0.2, 0) is 33.3 Å². The predicted octanol–water partition coefficient (Wildman–Crippen LogP) is 1.64. The summed E-state index contributed by atoms with van der Waals surface area (Å²) in [5, 5.41) is 33.1. The molecule has 3 N–H and O–H groups in total. The van der Waals surface area contributed by atoms with Crippen molar-refractivity contribution in [3.63, 3.8) is 0 Å². The molecule has 3 aliphatic heterocycles. The van der Waals surface area contributed by atoms with Gasteiger partial charge in [-0.1, -0.05) is 27.7 Å². The Morgan fingerprint density at radius 1 is 1.10 bits per heavy atom. The smallest absolute Gasteiger partial charge is 0.308 e. The zero-order valence-corrected chi connectivity index (χ0v) is 26.2. The Morgan fingerprint density at radius 3 is 2.36 bits per heavy atom. The lowest BCUT2D eigenvalue weighted by Gasteiger charge is -2.46. The molecule has 11 nitrogen and oxygen atoms in total. The van der Waals surface area contributed by atoms with Crippen molar-refractivity contribution < 1.29 is 48.7 Å². The van der Waals surface area contributed by atoms with E-state index in [0.717, 1.165) is 6.29 Å². The van der Waals surface area contributed by atoms with Crippen LogP contribution in [0.25, 0.3) is 0 Å². The predicted molar refractivity (Wildman–Crippen MR) is 153 cm³/mol. The Balaban J connectivity index is 1.97. The lowest BCUT2D eigenvalue weighted by Crippen LogP contribution is -2.63. The second-order valence-corrected chi connectivity index (χ2v) is 12.9. The van der Waals surface area contributed by atoms with Crippen molar-refractivity contribution in [1.29, 1.82) is 0 Å². The van der Waals surface area contributed by atoms with Gasteiger partial charge in [0.25, 0.3) is 0 Å². The molecule has 0 amide bonds. The first-order valence-electron chi connectivity index (χ1n) is 15.2. The van der Waals surface area contributed by atoms with E-state index in [1.165, 1.54) is 6.08 Å². The van der Waals surface area contributed by atoms with Gasteiger partial charge in [0, 0.05) is 24.2 Å². The van der Waals surface area contributed by atoms with Gasteiger partial charge in [-0.05, 0) is 58.9 Å². The van der Waals surface area contributed by atoms with Gasteiger partial charge < -0.3 is 44.0 Å². The van der Waals surface area contributed by atoms with Gasteiger partial charge >= 0.3 is 5.97 Å². The summed E-state index contributed by atoms with van der Waals surface area (Å²) in [6, 6.07) is -0.696. The van der Waals surface area contributed by atoms with E-state index < -0.39 is 78.3 Å². The second-order valence-electron chi connectivity index (χ2n) is 12.9. The van der Waals surface area contributed by atoms with Gasteiger partial charge in [0.15, 0.2) is 12.1 Å². The Bertz CT molecular complexity index is 973. The van der Waals surface area contributed by atoms with Gasteiger partial charge in [0.2, 0.25) is 0 Å². The number of aliphatic hydroxyl groups excluding tert-OH is 3. The quantitative estimate of drug-likeness (QED) is 0.232. The summed E-state index contributed by atoms with van der Waals surface area (Å²) in [6.45, 7) is 10.9. The molecule has 0 aromatic carbocycles. The van der Waals surface area contributed by atoms with Crippen LogP contribution in [0.2, 0.25) is 0 Å². The largest absolute Gasteiger partial charge is 0.462 e. The number of esters is 1. The maximum absolute atomic E-state index is 13.2. The number of aliphatic hydroxyl groups is 3. The number of ether oxygens (including phenoxy) is 4. The molecule has 3 rings (SSSR count). The number of epoxide rings is 1. The van der Waals surface area contributed by atoms with Crippen molar-refractivity contribution in [2.24, 2.45) is 23.7 Å². The minimum absolute atomic E-state index is 0.0178. The Morgan fingerprint density at radius 2 is 1.76 bits per heavy atom. The Hall–Kier alpha value is -1.73. The van der Waals surface area contributed by atoms with Crippen molar-refractivity contribution in [3.05, 3.63) is 12.2 Å². The number of carbonyl (C=O) groups excluding carboxylic acids is 3. The molecule has 3 aliphatic rings. The molecule has 0 saturated carbocycles. The number of fused-ring (bicyclic) bond motifs is 1. The van der Waals surface area contributed by atoms with E-state index in [1.54, 1.807) is 45.8 Å². The summed E-state index contributed by atoms with van der Waals surface area (Å²) in [4.78, 5) is 39.8. The number of likely N-dealkylation sites (N-methyl/N-ethyl adjacent to an activating group) is 1. The van der Waals surface area contributed by atoms with E-state index in [0.29, 0.717) is 6.42 Å². The van der Waals surface area contributed by atoms with Gasteiger partial charge in [-0.3, -0.25) is 9.59 Å². The van der Waals surface area contributed by atoms with Gasteiger partial charge in [-0.15, -0.1) is 0 Å². The first-order chi connectivity index (χ1) is 19.6. The molecule has 0 spiro atoms. The molecule has 42 heavy (non-hydrogen) atoms. The molecule has 2 saturated heterocycles. The standard InChI is InChI=1S/C31H51NO10/c1-9-23-18(4)29-31(6,42-29)12-10-21(34)16(2)14-20(11-13-33)28(17(3)22(35)15-24(36)40-23)41-30-27(38)25(32(7)8)26(37)19(5)39-30/h10,12-13,16-20,22-23,25-30,35,37-38H,9,11,14-15H2,1-8H3/b12-10-/t16-,17+,18-,19-,20+,22-,23-,25+,26-,27-,28-,29+,30+,31+/m1/s1. The van der Waals surface area contributed by atoms with Crippen molar-refractivity contribution in [2.75, 3.05) is 14.1 Å². The van der Waals surface area contributed by atoms with Crippen LogP contribution < -0.4 is 0 Å². The summed E-state index contributed by atoms with van der Waals surface area (Å²) < 4.78 is 24.0. The highest BCUT2D eigenvalue weighted by Crippen LogP contribution is 2.45. The van der Waals surface area contributed by atoms with E-state index in [-0.39, 0.29) is 37.1 Å². The van der Waals surface area contributed by atoms with Crippen LogP contribution >= 0.6 is 0 Å². The van der Waals surface area contributed by atoms with E-state index in [2.05, 4.69) is 0 Å². The minimum atomic E-state index is -1.25. The zero-order chi connectivity index (χ0) is 31.5. The highest BCUT2D eigenvalue weighted by molar-refractivity contribution is 5.91. The molecular formula is C31H51NO10. The van der Waals surface area contributed by atoms with Crippen LogP contribution in [0, 0.1) is 23.7 Å². The van der Waals surface area contributed by atoms with Crippen LogP contribution in [0.5, 0.6) is 0 Å². The molecule has 0 aromatic heterocycles. The SMILES string of the molecule is CC[C@H]1OC(=O)C[C@@H](O)[C@H](C)[C@@H](O[C@@H]2O[C@H](C)[C@@H](O)[C@H](N(C)C)[C@H]2O)[C@@H](CC=O)C[C@@H](C)C(=O)/C=C\[C@]2(C)O[C@H]2[C@@H]1C. The highest BCUT2D eigenvalue weighted by atomic mass is 16.7. The topological polar surface area (TPSA) is 155 Å². The average Bonchev–Trinajstić information content (AvgIpc) is 3.61. The molecule has 0 radical (unpaired) electrons. The maximum atomic E-state index is 13.2. The minimum Gasteiger partial charge on any atom is -0.462 e. The molecule has 0 unspecified atom stereocenters. The van der Waals surface area contributed by atoms with Crippen molar-refractivity contribution in [2.45, 2.75) is 128 Å². The number of cyclic esters (lactones) is 1. The maximum Gasteiger partial charge on any atom is 0.308 e. The summed E-state index contributed by atoms with van der Waals surface area (Å²) in [6.07, 6.45) is -2.34. The third-order valence-corrected chi connectivity index (χ3v) is 9.42. The number of ketones is 1. The monoisotopic (exact) mass is 597 g/mol. The van der Waals surface area contributed by atoms with Gasteiger partial charge in [0.05, 0.1) is 43.0 Å². The lowest BCUT2D eigenvalue weighted by atomic mass is 9.79. The summed E-state index contributed by atoms with van der Waals surface area (Å²) in [5.74, 6) is -2.59. The van der Waals surface area contributed by atoms with Crippen LogP contribution in [0.15, 0.2) is 12.2 Å². The lowest BCUT2D eigenvalue weighted by molar-refractivity contribution is -0.304. The Kier molecular flexibility index (Phi) is 11.9. The van der Waals surface area contributed by atoms with Crippen molar-refractivity contribution in [3.8, 4) is 0 Å². The van der Waals surface area contributed by atoms with Crippen LogP contribution in [0.4, 0.5) is 0 Å². The van der Waals surface area contributed by atoms with Gasteiger partial charge in [-0.2, -0.15) is 0 Å². The molecule has 14 atom stereocenters. The summed E-state index contributed by atoms with van der Waals surface area (Å²) in [5.41, 5.74) is -0.660. The third-order valence-electron chi connectivity index (χ3n) is 9.42. The molecule has 2 fully saturated rings. The van der Waals surface area contributed by atoms with Gasteiger partial charge in [0.1, 0.15) is 24.1 Å². The normalized spacial score (nSPS) is 46.5. The van der Waals surface area contributed by atoms with E-state index in [9.17, 15) is 29.7 Å². The van der Waals surface area contributed by atoms with Crippen LogP contribution in [0.1, 0.15) is 67.2 Å². The van der Waals surface area contributed by atoms with Crippen molar-refractivity contribution >= 4 is 18.0 Å². The summed E-state index contributed by atoms with van der Waals surface area (Å²) >= 11 is 0. The number of aldehydes is 1.